The van der Waals surface area contributed by atoms with E-state index in [-0.39, 0.29) is 25.3 Å². The Hall–Kier alpha value is -1.86. The van der Waals surface area contributed by atoms with E-state index >= 15 is 0 Å². The highest BCUT2D eigenvalue weighted by molar-refractivity contribution is 5.73. The lowest BCUT2D eigenvalue weighted by molar-refractivity contribution is 0.0529. The Kier molecular flexibility index (Phi) is 5.77. The maximum atomic E-state index is 11.3. The van der Waals surface area contributed by atoms with Gasteiger partial charge in [0.2, 0.25) is 0 Å². The number of pyridine rings is 1. The molecular weight excluding hydrogens is 272 g/mol. The van der Waals surface area contributed by atoms with Crippen LogP contribution < -0.4 is 15.5 Å². The first-order valence-corrected chi connectivity index (χ1v) is 7.13. The van der Waals surface area contributed by atoms with Gasteiger partial charge in [-0.15, -0.1) is 0 Å². The molecule has 1 saturated heterocycles. The number of anilines is 1. The lowest BCUT2D eigenvalue weighted by atomic mass is 10.2. The summed E-state index contributed by atoms with van der Waals surface area (Å²) in [6, 6.07) is 3.62. The molecule has 1 aromatic heterocycles. The summed E-state index contributed by atoms with van der Waals surface area (Å²) in [7, 11) is 0. The van der Waals surface area contributed by atoms with Crippen molar-refractivity contribution in [3.63, 3.8) is 0 Å². The molecule has 0 radical (unpaired) electrons. The van der Waals surface area contributed by atoms with Crippen molar-refractivity contribution in [3.05, 3.63) is 23.9 Å². The van der Waals surface area contributed by atoms with Crippen LogP contribution in [0.15, 0.2) is 18.3 Å². The Morgan fingerprint density at radius 1 is 1.52 bits per heavy atom. The first-order valence-electron chi connectivity index (χ1n) is 7.13. The van der Waals surface area contributed by atoms with Crippen molar-refractivity contribution in [3.8, 4) is 0 Å². The number of nitrogens with zero attached hydrogens (tertiary/aromatic N) is 2. The Balaban J connectivity index is 1.83. The first-order chi connectivity index (χ1) is 10.2. The van der Waals surface area contributed by atoms with Crippen LogP contribution in [0.25, 0.3) is 0 Å². The lowest BCUT2D eigenvalue weighted by Crippen LogP contribution is -2.41. The Morgan fingerprint density at radius 3 is 3.05 bits per heavy atom. The Labute approximate surface area is 124 Å². The number of aliphatic hydroxyl groups is 1. The molecule has 7 heteroatoms. The van der Waals surface area contributed by atoms with Crippen molar-refractivity contribution in [2.24, 2.45) is 0 Å². The van der Waals surface area contributed by atoms with Gasteiger partial charge in [-0.2, -0.15) is 0 Å². The highest BCUT2D eigenvalue weighted by Crippen LogP contribution is 2.15. The van der Waals surface area contributed by atoms with Crippen molar-refractivity contribution in [1.82, 2.24) is 15.6 Å². The highest BCUT2D eigenvalue weighted by atomic mass is 16.5. The van der Waals surface area contributed by atoms with Gasteiger partial charge in [-0.25, -0.2) is 9.78 Å². The summed E-state index contributed by atoms with van der Waals surface area (Å²) in [5.74, 6) is 0.929. The molecule has 0 unspecified atom stereocenters. The molecule has 1 aliphatic rings. The molecule has 0 bridgehead atoms. The number of rotatable bonds is 5. The maximum Gasteiger partial charge on any atom is 0.315 e. The van der Waals surface area contributed by atoms with Crippen LogP contribution in [-0.4, -0.2) is 55.1 Å². The van der Waals surface area contributed by atoms with Gasteiger partial charge in [0.05, 0.1) is 19.3 Å². The number of aromatic nitrogens is 1. The molecule has 1 atom stereocenters. The predicted molar refractivity (Wildman–Crippen MR) is 79.2 cm³/mol. The van der Waals surface area contributed by atoms with Gasteiger partial charge < -0.3 is 25.4 Å². The van der Waals surface area contributed by atoms with Crippen LogP contribution in [0.4, 0.5) is 10.6 Å². The van der Waals surface area contributed by atoms with E-state index in [9.17, 15) is 4.79 Å². The average Bonchev–Trinajstić information content (AvgIpc) is 2.51. The van der Waals surface area contributed by atoms with E-state index < -0.39 is 0 Å². The summed E-state index contributed by atoms with van der Waals surface area (Å²) in [4.78, 5) is 18.0. The second-order valence-electron chi connectivity index (χ2n) is 4.99. The molecule has 116 valence electrons. The zero-order valence-electron chi connectivity index (χ0n) is 12.2. The molecule has 21 heavy (non-hydrogen) atoms. The highest BCUT2D eigenvalue weighted by Gasteiger charge is 2.17. The van der Waals surface area contributed by atoms with Gasteiger partial charge >= 0.3 is 6.03 Å². The van der Waals surface area contributed by atoms with E-state index in [0.29, 0.717) is 6.54 Å². The standard InChI is InChI=1S/C14H22N4O3/c1-11-10-18(5-7-21-11)13-3-2-12(8-16-13)9-17-14(20)15-4-6-19/h2-3,8,11,19H,4-7,9-10H2,1H3,(H2,15,17,20)/t11-/m0/s1. The van der Waals surface area contributed by atoms with Crippen molar-refractivity contribution < 1.29 is 14.6 Å². The molecule has 0 saturated carbocycles. The smallest absolute Gasteiger partial charge is 0.315 e. The summed E-state index contributed by atoms with van der Waals surface area (Å²) in [5.41, 5.74) is 0.930. The number of urea groups is 1. The second kappa shape index (κ2) is 7.80. The third-order valence-corrected chi connectivity index (χ3v) is 3.22. The van der Waals surface area contributed by atoms with Gasteiger partial charge in [0, 0.05) is 32.4 Å². The molecule has 2 rings (SSSR count). The molecule has 0 aromatic carbocycles. The van der Waals surface area contributed by atoms with Crippen molar-refractivity contribution in [2.45, 2.75) is 19.6 Å². The van der Waals surface area contributed by atoms with E-state index in [1.165, 1.54) is 0 Å². The summed E-state index contributed by atoms with van der Waals surface area (Å²) in [6.07, 6.45) is 1.99. The first kappa shape index (κ1) is 15.5. The van der Waals surface area contributed by atoms with Crippen LogP contribution in [0.2, 0.25) is 0 Å². The van der Waals surface area contributed by atoms with E-state index in [4.69, 9.17) is 9.84 Å². The summed E-state index contributed by atoms with van der Waals surface area (Å²) < 4.78 is 5.51. The van der Waals surface area contributed by atoms with E-state index in [1.54, 1.807) is 6.20 Å². The molecule has 0 aliphatic carbocycles. The van der Waals surface area contributed by atoms with Crippen LogP contribution in [0.5, 0.6) is 0 Å². The maximum absolute atomic E-state index is 11.3. The van der Waals surface area contributed by atoms with E-state index in [2.05, 4.69) is 27.4 Å². The predicted octanol–water partition coefficient (Wildman–Crippen LogP) is 0.0982. The Bertz CT molecular complexity index is 452. The average molecular weight is 294 g/mol. The second-order valence-corrected chi connectivity index (χ2v) is 4.99. The van der Waals surface area contributed by atoms with Gasteiger partial charge in [0.15, 0.2) is 0 Å². The summed E-state index contributed by atoms with van der Waals surface area (Å²) in [5, 5.41) is 13.8. The number of hydrogen-bond donors (Lipinski definition) is 3. The fraction of sp³-hybridized carbons (Fsp3) is 0.571. The topological polar surface area (TPSA) is 86.7 Å². The zero-order chi connectivity index (χ0) is 15.1. The van der Waals surface area contributed by atoms with Gasteiger partial charge in [-0.1, -0.05) is 6.07 Å². The number of nitrogens with one attached hydrogen (secondary N) is 2. The van der Waals surface area contributed by atoms with Crippen LogP contribution >= 0.6 is 0 Å². The molecule has 0 spiro atoms. The molecule has 1 aromatic rings. The number of morpholine rings is 1. The molecule has 1 fully saturated rings. The van der Waals surface area contributed by atoms with Crippen molar-refractivity contribution in [2.75, 3.05) is 37.7 Å². The molecular formula is C14H22N4O3. The lowest BCUT2D eigenvalue weighted by Gasteiger charge is -2.32. The molecule has 2 heterocycles. The fourth-order valence-electron chi connectivity index (χ4n) is 2.15. The van der Waals surface area contributed by atoms with Gasteiger partial charge in [0.1, 0.15) is 5.82 Å². The minimum Gasteiger partial charge on any atom is -0.395 e. The quantitative estimate of drug-likeness (QED) is 0.717. The summed E-state index contributed by atoms with van der Waals surface area (Å²) in [6.45, 7) is 5.04. The van der Waals surface area contributed by atoms with Crippen LogP contribution in [0, 0.1) is 0 Å². The molecule has 3 N–H and O–H groups in total. The van der Waals surface area contributed by atoms with Gasteiger partial charge in [-0.3, -0.25) is 0 Å². The third kappa shape index (κ3) is 4.87. The number of ether oxygens (including phenoxy) is 1. The van der Waals surface area contributed by atoms with Gasteiger partial charge in [-0.05, 0) is 18.6 Å². The van der Waals surface area contributed by atoms with E-state index in [1.807, 2.05) is 12.1 Å². The minimum absolute atomic E-state index is 0.0678. The summed E-state index contributed by atoms with van der Waals surface area (Å²) >= 11 is 0. The number of amides is 2. The van der Waals surface area contributed by atoms with E-state index in [0.717, 1.165) is 31.1 Å². The number of aliphatic hydroxyl groups excluding tert-OH is 1. The van der Waals surface area contributed by atoms with Crippen LogP contribution in [-0.2, 0) is 11.3 Å². The number of carbonyl (C=O) groups excluding carboxylic acids is 1. The monoisotopic (exact) mass is 294 g/mol. The fourth-order valence-corrected chi connectivity index (χ4v) is 2.15. The normalized spacial score (nSPS) is 18.4. The van der Waals surface area contributed by atoms with Crippen molar-refractivity contribution >= 4 is 11.8 Å². The van der Waals surface area contributed by atoms with Crippen LogP contribution in [0.3, 0.4) is 0 Å². The number of hydrogen-bond acceptors (Lipinski definition) is 5. The van der Waals surface area contributed by atoms with Gasteiger partial charge in [0.25, 0.3) is 0 Å². The molecule has 1 aliphatic heterocycles. The zero-order valence-corrected chi connectivity index (χ0v) is 12.2. The number of carbonyl (C=O) groups is 1. The van der Waals surface area contributed by atoms with Crippen molar-refractivity contribution in [1.29, 1.82) is 0 Å². The minimum atomic E-state index is -0.296. The Morgan fingerprint density at radius 2 is 2.38 bits per heavy atom. The SMILES string of the molecule is C[C@H]1CN(c2ccc(CNC(=O)NCCO)cn2)CCO1. The molecule has 7 nitrogen and oxygen atoms in total. The largest absolute Gasteiger partial charge is 0.395 e. The third-order valence-electron chi connectivity index (χ3n) is 3.22. The van der Waals surface area contributed by atoms with Crippen LogP contribution in [0.1, 0.15) is 12.5 Å². The molecule has 2 amide bonds.